The van der Waals surface area contributed by atoms with Gasteiger partial charge in [0.2, 0.25) is 10.0 Å². The van der Waals surface area contributed by atoms with E-state index in [1.54, 1.807) is 11.2 Å². The van der Waals surface area contributed by atoms with Crippen LogP contribution in [0.3, 0.4) is 0 Å². The molecule has 1 unspecified atom stereocenters. The van der Waals surface area contributed by atoms with Gasteiger partial charge in [0.15, 0.2) is 0 Å². The van der Waals surface area contributed by atoms with E-state index in [1.807, 2.05) is 0 Å². The predicted octanol–water partition coefficient (Wildman–Crippen LogP) is 0.930. The summed E-state index contributed by atoms with van der Waals surface area (Å²) in [6, 6.07) is 0.291. The molecule has 2 rings (SSSR count). The van der Waals surface area contributed by atoms with Crippen LogP contribution < -0.4 is 5.73 Å². The summed E-state index contributed by atoms with van der Waals surface area (Å²) in [5.41, 5.74) is 6.41. The summed E-state index contributed by atoms with van der Waals surface area (Å²) < 4.78 is 25.1. The number of nitrogens with two attached hydrogens (primary N) is 1. The summed E-state index contributed by atoms with van der Waals surface area (Å²) in [7, 11) is -2.99. The SMILES string of the molecule is CCS(=O)(=O)N1CCC2(CCCC2N)CC1. The number of piperidine rings is 1. The third-order valence-electron chi connectivity index (χ3n) is 4.45. The van der Waals surface area contributed by atoms with Crippen LogP contribution in [0, 0.1) is 5.41 Å². The molecular formula is C11H22N2O2S. The first-order valence-electron chi connectivity index (χ1n) is 6.24. The summed E-state index contributed by atoms with van der Waals surface area (Å²) in [5, 5.41) is 0. The van der Waals surface area contributed by atoms with Crippen molar-refractivity contribution in [1.82, 2.24) is 4.31 Å². The van der Waals surface area contributed by atoms with Crippen LogP contribution in [0.1, 0.15) is 39.0 Å². The minimum atomic E-state index is -2.99. The lowest BCUT2D eigenvalue weighted by molar-refractivity contribution is 0.141. The van der Waals surface area contributed by atoms with E-state index < -0.39 is 10.0 Å². The van der Waals surface area contributed by atoms with Crippen molar-refractivity contribution in [2.75, 3.05) is 18.8 Å². The average Bonchev–Trinajstić information content (AvgIpc) is 2.61. The van der Waals surface area contributed by atoms with Crippen LogP contribution in [-0.2, 0) is 10.0 Å². The molecule has 1 aliphatic carbocycles. The van der Waals surface area contributed by atoms with Gasteiger partial charge in [0, 0.05) is 19.1 Å². The van der Waals surface area contributed by atoms with E-state index in [0.29, 0.717) is 19.1 Å². The minimum Gasteiger partial charge on any atom is -0.327 e. The van der Waals surface area contributed by atoms with Crippen molar-refractivity contribution >= 4 is 10.0 Å². The first-order valence-corrected chi connectivity index (χ1v) is 7.84. The molecule has 5 heteroatoms. The van der Waals surface area contributed by atoms with Crippen molar-refractivity contribution in [3.05, 3.63) is 0 Å². The molecule has 1 aliphatic heterocycles. The van der Waals surface area contributed by atoms with Gasteiger partial charge >= 0.3 is 0 Å². The lowest BCUT2D eigenvalue weighted by Gasteiger charge is -2.41. The van der Waals surface area contributed by atoms with Crippen LogP contribution in [0.25, 0.3) is 0 Å². The fourth-order valence-corrected chi connectivity index (χ4v) is 4.28. The number of rotatable bonds is 2. The fraction of sp³-hybridized carbons (Fsp3) is 1.00. The van der Waals surface area contributed by atoms with Crippen LogP contribution in [-0.4, -0.2) is 37.6 Å². The average molecular weight is 246 g/mol. The fourth-order valence-electron chi connectivity index (χ4n) is 3.18. The Morgan fingerprint density at radius 1 is 1.31 bits per heavy atom. The van der Waals surface area contributed by atoms with E-state index >= 15 is 0 Å². The summed E-state index contributed by atoms with van der Waals surface area (Å²) in [6.45, 7) is 3.05. The van der Waals surface area contributed by atoms with Gasteiger partial charge < -0.3 is 5.73 Å². The number of nitrogens with zero attached hydrogens (tertiary/aromatic N) is 1. The normalized spacial score (nSPS) is 31.0. The number of hydrogen-bond donors (Lipinski definition) is 1. The number of sulfonamides is 1. The third-order valence-corrected chi connectivity index (χ3v) is 6.33. The van der Waals surface area contributed by atoms with Crippen molar-refractivity contribution in [3.63, 3.8) is 0 Å². The highest BCUT2D eigenvalue weighted by atomic mass is 32.2. The van der Waals surface area contributed by atoms with Gasteiger partial charge in [-0.1, -0.05) is 6.42 Å². The Morgan fingerprint density at radius 3 is 2.38 bits per heavy atom. The Morgan fingerprint density at radius 2 is 1.94 bits per heavy atom. The van der Waals surface area contributed by atoms with Crippen LogP contribution in [0.15, 0.2) is 0 Å². The smallest absolute Gasteiger partial charge is 0.213 e. The maximum atomic E-state index is 11.7. The first kappa shape index (κ1) is 12.3. The molecule has 1 atom stereocenters. The second-order valence-electron chi connectivity index (χ2n) is 5.16. The molecule has 94 valence electrons. The highest BCUT2D eigenvalue weighted by Gasteiger charge is 2.44. The van der Waals surface area contributed by atoms with E-state index in [9.17, 15) is 8.42 Å². The molecule has 2 aliphatic rings. The van der Waals surface area contributed by atoms with Crippen LogP contribution >= 0.6 is 0 Å². The highest BCUT2D eigenvalue weighted by Crippen LogP contribution is 2.45. The molecule has 4 nitrogen and oxygen atoms in total. The zero-order valence-electron chi connectivity index (χ0n) is 9.98. The van der Waals surface area contributed by atoms with Gasteiger partial charge in [-0.15, -0.1) is 0 Å². The Labute approximate surface area is 98.2 Å². The Bertz CT molecular complexity index is 345. The molecular weight excluding hydrogens is 224 g/mol. The van der Waals surface area contributed by atoms with Gasteiger partial charge in [-0.3, -0.25) is 0 Å². The summed E-state index contributed by atoms with van der Waals surface area (Å²) in [4.78, 5) is 0. The van der Waals surface area contributed by atoms with Crippen molar-refractivity contribution < 1.29 is 8.42 Å². The molecule has 0 radical (unpaired) electrons. The molecule has 0 amide bonds. The zero-order chi connectivity index (χ0) is 11.8. The molecule has 16 heavy (non-hydrogen) atoms. The standard InChI is InChI=1S/C11H22N2O2S/c1-2-16(14,15)13-8-6-11(7-9-13)5-3-4-10(11)12/h10H,2-9,12H2,1H3. The molecule has 1 heterocycles. The minimum absolute atomic E-state index is 0.214. The molecule has 1 spiro atoms. The van der Waals surface area contributed by atoms with E-state index in [4.69, 9.17) is 5.73 Å². The summed E-state index contributed by atoms with van der Waals surface area (Å²) in [6.07, 6.45) is 5.41. The van der Waals surface area contributed by atoms with Gasteiger partial charge in [-0.2, -0.15) is 0 Å². The molecule has 0 aromatic carbocycles. The second-order valence-corrected chi connectivity index (χ2v) is 7.42. The van der Waals surface area contributed by atoms with E-state index in [-0.39, 0.29) is 11.2 Å². The lowest BCUT2D eigenvalue weighted by atomic mass is 9.75. The van der Waals surface area contributed by atoms with Gasteiger partial charge in [0.25, 0.3) is 0 Å². The Hall–Kier alpha value is -0.130. The lowest BCUT2D eigenvalue weighted by Crippen LogP contribution is -2.48. The zero-order valence-corrected chi connectivity index (χ0v) is 10.8. The van der Waals surface area contributed by atoms with Crippen molar-refractivity contribution in [2.24, 2.45) is 11.1 Å². The Kier molecular flexibility index (Phi) is 3.29. The molecule has 0 aromatic rings. The van der Waals surface area contributed by atoms with Crippen molar-refractivity contribution in [2.45, 2.75) is 45.1 Å². The van der Waals surface area contributed by atoms with Crippen molar-refractivity contribution in [3.8, 4) is 0 Å². The van der Waals surface area contributed by atoms with Crippen molar-refractivity contribution in [1.29, 1.82) is 0 Å². The molecule has 0 bridgehead atoms. The quantitative estimate of drug-likeness (QED) is 0.788. The van der Waals surface area contributed by atoms with Gasteiger partial charge in [-0.05, 0) is 38.0 Å². The number of hydrogen-bond acceptors (Lipinski definition) is 3. The summed E-state index contributed by atoms with van der Waals surface area (Å²) >= 11 is 0. The van der Waals surface area contributed by atoms with Gasteiger partial charge in [0.05, 0.1) is 5.75 Å². The Balaban J connectivity index is 2.02. The predicted molar refractivity (Wildman–Crippen MR) is 64.5 cm³/mol. The molecule has 2 N–H and O–H groups in total. The molecule has 1 saturated carbocycles. The van der Waals surface area contributed by atoms with Gasteiger partial charge in [0.1, 0.15) is 0 Å². The maximum Gasteiger partial charge on any atom is 0.213 e. The largest absolute Gasteiger partial charge is 0.327 e. The maximum absolute atomic E-state index is 11.7. The van der Waals surface area contributed by atoms with Gasteiger partial charge in [-0.25, -0.2) is 12.7 Å². The molecule has 0 aromatic heterocycles. The van der Waals surface area contributed by atoms with E-state index in [2.05, 4.69) is 0 Å². The molecule has 2 fully saturated rings. The van der Waals surface area contributed by atoms with E-state index in [0.717, 1.165) is 19.3 Å². The highest BCUT2D eigenvalue weighted by molar-refractivity contribution is 7.89. The monoisotopic (exact) mass is 246 g/mol. The van der Waals surface area contributed by atoms with Crippen LogP contribution in [0.5, 0.6) is 0 Å². The van der Waals surface area contributed by atoms with Crippen LogP contribution in [0.2, 0.25) is 0 Å². The third kappa shape index (κ3) is 2.00. The topological polar surface area (TPSA) is 63.4 Å². The van der Waals surface area contributed by atoms with E-state index in [1.165, 1.54) is 12.8 Å². The first-order chi connectivity index (χ1) is 7.50. The summed E-state index contributed by atoms with van der Waals surface area (Å²) in [5.74, 6) is 0.214. The second kappa shape index (κ2) is 4.27. The molecule has 1 saturated heterocycles. The van der Waals surface area contributed by atoms with Crippen LogP contribution in [0.4, 0.5) is 0 Å².